The van der Waals surface area contributed by atoms with Gasteiger partial charge in [-0.2, -0.15) is 0 Å². The molecule has 1 aromatic rings. The van der Waals surface area contributed by atoms with E-state index in [1.54, 1.807) is 24.5 Å². The molecule has 1 fully saturated rings. The summed E-state index contributed by atoms with van der Waals surface area (Å²) < 4.78 is 0. The quantitative estimate of drug-likeness (QED) is 0.871. The van der Waals surface area contributed by atoms with Crippen LogP contribution < -0.4 is 0 Å². The lowest BCUT2D eigenvalue weighted by Gasteiger charge is -2.24. The minimum Gasteiger partial charge on any atom is -0.480 e. The summed E-state index contributed by atoms with van der Waals surface area (Å²) in [6.07, 6.45) is 3.63. The van der Waals surface area contributed by atoms with Crippen LogP contribution in [0, 0.1) is 0 Å². The molecule has 0 aliphatic carbocycles. The molecular weight excluding hydrogens is 292 g/mol. The van der Waals surface area contributed by atoms with E-state index in [0.29, 0.717) is 6.54 Å². The maximum atomic E-state index is 12.0. The summed E-state index contributed by atoms with van der Waals surface area (Å²) in [6, 6.07) is 2.60. The molecule has 21 heavy (non-hydrogen) atoms. The van der Waals surface area contributed by atoms with Gasteiger partial charge in [0.1, 0.15) is 6.04 Å². The zero-order valence-electron chi connectivity index (χ0n) is 11.6. The average Bonchev–Trinajstić information content (AvgIpc) is 2.76. The fourth-order valence-electron chi connectivity index (χ4n) is 2.39. The third-order valence-electron chi connectivity index (χ3n) is 3.27. The van der Waals surface area contributed by atoms with Gasteiger partial charge in [-0.05, 0) is 11.6 Å². The Morgan fingerprint density at radius 2 is 2.33 bits per heavy atom. The molecule has 0 spiro atoms. The van der Waals surface area contributed by atoms with Crippen LogP contribution in [0.2, 0.25) is 0 Å². The molecule has 0 aromatic carbocycles. The second kappa shape index (κ2) is 6.71. The number of carboxylic acids is 1. The first-order valence-corrected chi connectivity index (χ1v) is 7.43. The second-order valence-corrected chi connectivity index (χ2v) is 6.38. The predicted molar refractivity (Wildman–Crippen MR) is 77.8 cm³/mol. The second-order valence-electron chi connectivity index (χ2n) is 4.90. The van der Waals surface area contributed by atoms with E-state index in [1.165, 1.54) is 11.8 Å². The summed E-state index contributed by atoms with van der Waals surface area (Å²) in [5.41, 5.74) is 0.764. The zero-order chi connectivity index (χ0) is 15.4. The fraction of sp³-hybridized carbons (Fsp3) is 0.429. The van der Waals surface area contributed by atoms with Gasteiger partial charge in [0.05, 0.1) is 0 Å². The first-order valence-electron chi connectivity index (χ1n) is 6.55. The third kappa shape index (κ3) is 4.04. The first-order chi connectivity index (χ1) is 9.97. The van der Waals surface area contributed by atoms with E-state index in [2.05, 4.69) is 4.98 Å². The Bertz CT molecular complexity index is 549. The summed E-state index contributed by atoms with van der Waals surface area (Å²) >= 11 is 1.10. The van der Waals surface area contributed by atoms with Crippen molar-refractivity contribution in [3.8, 4) is 0 Å². The highest BCUT2D eigenvalue weighted by atomic mass is 32.2. The molecule has 1 N–H and O–H groups in total. The number of aromatic nitrogens is 1. The number of hydrogen-bond acceptors (Lipinski definition) is 5. The van der Waals surface area contributed by atoms with Crippen LogP contribution in [0.3, 0.4) is 0 Å². The molecule has 1 amide bonds. The highest BCUT2D eigenvalue weighted by Crippen LogP contribution is 2.26. The van der Waals surface area contributed by atoms with Gasteiger partial charge in [0.2, 0.25) is 5.91 Å². The number of aliphatic carboxylic acids is 1. The van der Waals surface area contributed by atoms with E-state index in [-0.39, 0.29) is 29.1 Å². The van der Waals surface area contributed by atoms with Crippen LogP contribution in [-0.4, -0.2) is 49.8 Å². The van der Waals surface area contributed by atoms with Crippen molar-refractivity contribution in [3.05, 3.63) is 30.1 Å². The van der Waals surface area contributed by atoms with Crippen LogP contribution in [0.1, 0.15) is 18.9 Å². The molecule has 112 valence electrons. The topological polar surface area (TPSA) is 87.6 Å². The molecule has 6 nitrogen and oxygen atoms in total. The van der Waals surface area contributed by atoms with Crippen LogP contribution >= 0.6 is 11.8 Å². The van der Waals surface area contributed by atoms with Gasteiger partial charge < -0.3 is 10.0 Å². The van der Waals surface area contributed by atoms with Crippen LogP contribution in [0.25, 0.3) is 0 Å². The number of carbonyl (C=O) groups excluding carboxylic acids is 2. The summed E-state index contributed by atoms with van der Waals surface area (Å²) in [4.78, 5) is 39.9. The monoisotopic (exact) mass is 308 g/mol. The Morgan fingerprint density at radius 3 is 2.90 bits per heavy atom. The SMILES string of the molecule is CC(=O)SC1CC(=O)N(C(Cc2cccnc2)C(=O)O)C1. The van der Waals surface area contributed by atoms with Gasteiger partial charge in [0, 0.05) is 44.0 Å². The molecule has 0 bridgehead atoms. The van der Waals surface area contributed by atoms with Crippen molar-refractivity contribution in [2.24, 2.45) is 0 Å². The van der Waals surface area contributed by atoms with Crippen LogP contribution in [-0.2, 0) is 20.8 Å². The van der Waals surface area contributed by atoms with Crippen molar-refractivity contribution >= 4 is 28.8 Å². The average molecular weight is 308 g/mol. The Labute approximate surface area is 126 Å². The summed E-state index contributed by atoms with van der Waals surface area (Å²) in [5, 5.41) is 9.17. The van der Waals surface area contributed by atoms with E-state index in [1.807, 2.05) is 0 Å². The maximum absolute atomic E-state index is 12.0. The smallest absolute Gasteiger partial charge is 0.326 e. The molecule has 2 unspecified atom stereocenters. The van der Waals surface area contributed by atoms with E-state index in [9.17, 15) is 19.5 Å². The number of pyridine rings is 1. The van der Waals surface area contributed by atoms with Crippen LogP contribution in [0.4, 0.5) is 0 Å². The van der Waals surface area contributed by atoms with Gasteiger partial charge in [-0.15, -0.1) is 0 Å². The number of rotatable bonds is 5. The molecular formula is C14H16N2O4S. The normalized spacial score (nSPS) is 19.6. The molecule has 2 rings (SSSR count). The Kier molecular flexibility index (Phi) is 4.95. The van der Waals surface area contributed by atoms with Crippen LogP contribution in [0.5, 0.6) is 0 Å². The van der Waals surface area contributed by atoms with Crippen molar-refractivity contribution in [2.75, 3.05) is 6.54 Å². The molecule has 0 radical (unpaired) electrons. The molecule has 1 aliphatic rings. The summed E-state index contributed by atoms with van der Waals surface area (Å²) in [5.74, 6) is -1.26. The number of thioether (sulfide) groups is 1. The van der Waals surface area contributed by atoms with E-state index in [4.69, 9.17) is 0 Å². The van der Waals surface area contributed by atoms with Crippen molar-refractivity contribution in [1.82, 2.24) is 9.88 Å². The minimum absolute atomic E-state index is 0.0613. The van der Waals surface area contributed by atoms with Crippen molar-refractivity contribution in [2.45, 2.75) is 31.1 Å². The van der Waals surface area contributed by atoms with E-state index >= 15 is 0 Å². The Balaban J connectivity index is 2.10. The van der Waals surface area contributed by atoms with Gasteiger partial charge in [0.25, 0.3) is 0 Å². The number of carbonyl (C=O) groups is 3. The van der Waals surface area contributed by atoms with Gasteiger partial charge >= 0.3 is 5.97 Å². The standard InChI is InChI=1S/C14H16N2O4S/c1-9(17)21-11-6-13(18)16(8-11)12(14(19)20)5-10-3-2-4-15-7-10/h2-4,7,11-12H,5-6,8H2,1H3,(H,19,20). The number of amides is 1. The number of hydrogen-bond donors (Lipinski definition) is 1. The molecule has 7 heteroatoms. The van der Waals surface area contributed by atoms with Crippen LogP contribution in [0.15, 0.2) is 24.5 Å². The molecule has 2 heterocycles. The summed E-state index contributed by atoms with van der Waals surface area (Å²) in [6.45, 7) is 1.74. The minimum atomic E-state index is -1.04. The van der Waals surface area contributed by atoms with Gasteiger partial charge in [-0.3, -0.25) is 14.6 Å². The number of likely N-dealkylation sites (tertiary alicyclic amines) is 1. The van der Waals surface area contributed by atoms with Crippen molar-refractivity contribution in [3.63, 3.8) is 0 Å². The largest absolute Gasteiger partial charge is 0.480 e. The van der Waals surface area contributed by atoms with E-state index in [0.717, 1.165) is 17.3 Å². The highest BCUT2D eigenvalue weighted by molar-refractivity contribution is 8.14. The van der Waals surface area contributed by atoms with E-state index < -0.39 is 12.0 Å². The van der Waals surface area contributed by atoms with Gasteiger partial charge in [-0.1, -0.05) is 17.8 Å². The fourth-order valence-corrected chi connectivity index (χ4v) is 3.32. The Hall–Kier alpha value is -1.89. The lowest BCUT2D eigenvalue weighted by atomic mass is 10.1. The lowest BCUT2D eigenvalue weighted by molar-refractivity contribution is -0.148. The summed E-state index contributed by atoms with van der Waals surface area (Å²) in [7, 11) is 0. The van der Waals surface area contributed by atoms with Crippen molar-refractivity contribution in [1.29, 1.82) is 0 Å². The maximum Gasteiger partial charge on any atom is 0.326 e. The molecule has 0 saturated carbocycles. The molecule has 1 aliphatic heterocycles. The van der Waals surface area contributed by atoms with Crippen molar-refractivity contribution < 1.29 is 19.5 Å². The van der Waals surface area contributed by atoms with Gasteiger partial charge in [0.15, 0.2) is 5.12 Å². The third-order valence-corrected chi connectivity index (χ3v) is 4.25. The van der Waals surface area contributed by atoms with Gasteiger partial charge in [-0.25, -0.2) is 4.79 Å². The molecule has 2 atom stereocenters. The Morgan fingerprint density at radius 1 is 1.57 bits per heavy atom. The predicted octanol–water partition coefficient (Wildman–Crippen LogP) is 0.958. The lowest BCUT2D eigenvalue weighted by Crippen LogP contribution is -2.43. The first kappa shape index (κ1) is 15.5. The number of nitrogens with zero attached hydrogens (tertiary/aromatic N) is 2. The molecule has 1 saturated heterocycles. The number of carboxylic acid groups (broad SMARTS) is 1. The zero-order valence-corrected chi connectivity index (χ0v) is 12.4. The molecule has 1 aromatic heterocycles. The highest BCUT2D eigenvalue weighted by Gasteiger charge is 2.38.